The number of pyridine rings is 1. The number of aromatic nitrogens is 3. The normalized spacial score (nSPS) is 12.2. The highest BCUT2D eigenvalue weighted by molar-refractivity contribution is 7.99. The molecule has 1 atom stereocenters. The van der Waals surface area contributed by atoms with Crippen LogP contribution in [-0.4, -0.2) is 39.2 Å². The van der Waals surface area contributed by atoms with Gasteiger partial charge in [0.25, 0.3) is 0 Å². The van der Waals surface area contributed by atoms with E-state index in [0.717, 1.165) is 18.5 Å². The molecular weight excluding hydrogens is 332 g/mol. The summed E-state index contributed by atoms with van der Waals surface area (Å²) in [7, 11) is 1.74. The third kappa shape index (κ3) is 4.48. The highest BCUT2D eigenvalue weighted by Crippen LogP contribution is 2.27. The van der Waals surface area contributed by atoms with Crippen LogP contribution in [0.25, 0.3) is 5.69 Å². The Bertz CT molecular complexity index is 647. The number of carbonyl (C=O) groups excluding carboxylic acids is 1. The van der Waals surface area contributed by atoms with Gasteiger partial charge in [-0.2, -0.15) is 16.9 Å². The Hall–Kier alpha value is -1.53. The van der Waals surface area contributed by atoms with Crippen LogP contribution < -0.4 is 4.90 Å². The summed E-state index contributed by atoms with van der Waals surface area (Å²) in [5, 5.41) is 4.90. The first-order chi connectivity index (χ1) is 11.1. The fourth-order valence-corrected chi connectivity index (χ4v) is 3.32. The zero-order valence-corrected chi connectivity index (χ0v) is 15.1. The van der Waals surface area contributed by atoms with Crippen LogP contribution in [0.15, 0.2) is 30.7 Å². The summed E-state index contributed by atoms with van der Waals surface area (Å²) in [6.45, 7) is 2.13. The van der Waals surface area contributed by atoms with E-state index in [1.54, 1.807) is 47.0 Å². The van der Waals surface area contributed by atoms with Crippen molar-refractivity contribution in [1.82, 2.24) is 14.8 Å². The van der Waals surface area contributed by atoms with Crippen LogP contribution in [0.3, 0.4) is 0 Å². The minimum Gasteiger partial charge on any atom is -0.311 e. The number of thioether (sulfide) groups is 1. The Morgan fingerprint density at radius 3 is 2.91 bits per heavy atom. The maximum atomic E-state index is 12.5. The molecule has 2 aromatic heterocycles. The number of amides is 1. The van der Waals surface area contributed by atoms with E-state index in [1.165, 1.54) is 0 Å². The van der Waals surface area contributed by atoms with Crippen molar-refractivity contribution in [3.8, 4) is 5.69 Å². The molecule has 23 heavy (non-hydrogen) atoms. The first kappa shape index (κ1) is 17.8. The zero-order valence-electron chi connectivity index (χ0n) is 13.6. The minimum atomic E-state index is 0.0467. The summed E-state index contributed by atoms with van der Waals surface area (Å²) in [6.07, 6.45) is 9.79. The second kappa shape index (κ2) is 8.36. The molecule has 0 spiro atoms. The van der Waals surface area contributed by atoms with Crippen LogP contribution in [0, 0.1) is 0 Å². The number of rotatable bonds is 7. The van der Waals surface area contributed by atoms with E-state index in [-0.39, 0.29) is 5.91 Å². The summed E-state index contributed by atoms with van der Waals surface area (Å²) in [4.78, 5) is 18.1. The van der Waals surface area contributed by atoms with Gasteiger partial charge in [-0.25, -0.2) is 4.68 Å². The lowest BCUT2D eigenvalue weighted by atomic mass is 10.2. The van der Waals surface area contributed by atoms with E-state index >= 15 is 0 Å². The lowest BCUT2D eigenvalue weighted by molar-refractivity contribution is -0.118. The average Bonchev–Trinajstić information content (AvgIpc) is 2.96. The third-order valence-electron chi connectivity index (χ3n) is 3.64. The number of carbonyl (C=O) groups is 1. The molecule has 2 rings (SSSR count). The largest absolute Gasteiger partial charge is 0.311 e. The molecular formula is C16H21ClN4OS. The van der Waals surface area contributed by atoms with Crippen molar-refractivity contribution in [3.05, 3.63) is 35.9 Å². The molecule has 2 aromatic rings. The van der Waals surface area contributed by atoms with Crippen LogP contribution in [0.5, 0.6) is 0 Å². The Labute approximate surface area is 146 Å². The quantitative estimate of drug-likeness (QED) is 0.760. The summed E-state index contributed by atoms with van der Waals surface area (Å²) in [5.74, 6) is 0.0467. The summed E-state index contributed by atoms with van der Waals surface area (Å²) < 4.78 is 1.63. The smallest absolute Gasteiger partial charge is 0.227 e. The third-order valence-corrected chi connectivity index (χ3v) is 4.98. The lowest BCUT2D eigenvalue weighted by Crippen LogP contribution is -2.28. The molecule has 0 aliphatic rings. The maximum absolute atomic E-state index is 12.5. The Morgan fingerprint density at radius 2 is 2.30 bits per heavy atom. The molecule has 0 aliphatic heterocycles. The molecule has 124 valence electrons. The van der Waals surface area contributed by atoms with Crippen molar-refractivity contribution in [2.45, 2.75) is 31.4 Å². The van der Waals surface area contributed by atoms with Crippen molar-refractivity contribution in [1.29, 1.82) is 0 Å². The van der Waals surface area contributed by atoms with Crippen LogP contribution in [0.2, 0.25) is 5.15 Å². The van der Waals surface area contributed by atoms with Gasteiger partial charge in [0.1, 0.15) is 5.69 Å². The molecule has 1 amide bonds. The van der Waals surface area contributed by atoms with Crippen LogP contribution in [0.4, 0.5) is 5.69 Å². The average molecular weight is 353 g/mol. The van der Waals surface area contributed by atoms with Crippen molar-refractivity contribution < 1.29 is 4.79 Å². The second-order valence-corrected chi connectivity index (χ2v) is 6.76. The van der Waals surface area contributed by atoms with E-state index in [9.17, 15) is 4.79 Å². The monoisotopic (exact) mass is 352 g/mol. The molecule has 0 radical (unpaired) electrons. The van der Waals surface area contributed by atoms with Gasteiger partial charge in [0.2, 0.25) is 5.91 Å². The maximum Gasteiger partial charge on any atom is 0.227 e. The van der Waals surface area contributed by atoms with Gasteiger partial charge in [-0.1, -0.05) is 24.9 Å². The Morgan fingerprint density at radius 1 is 1.52 bits per heavy atom. The van der Waals surface area contributed by atoms with Gasteiger partial charge in [0.15, 0.2) is 5.15 Å². The molecule has 0 N–H and O–H groups in total. The molecule has 0 saturated heterocycles. The van der Waals surface area contributed by atoms with E-state index in [4.69, 9.17) is 11.6 Å². The molecule has 7 heteroatoms. The predicted octanol–water partition coefficient (Wildman–Crippen LogP) is 3.81. The Kier molecular flexibility index (Phi) is 6.47. The molecule has 0 aliphatic carbocycles. The highest BCUT2D eigenvalue weighted by Gasteiger charge is 2.20. The van der Waals surface area contributed by atoms with Gasteiger partial charge in [-0.05, 0) is 24.8 Å². The van der Waals surface area contributed by atoms with Crippen LogP contribution in [-0.2, 0) is 4.79 Å². The van der Waals surface area contributed by atoms with Crippen LogP contribution >= 0.6 is 23.4 Å². The van der Waals surface area contributed by atoms with Crippen molar-refractivity contribution in [2.75, 3.05) is 18.2 Å². The van der Waals surface area contributed by atoms with Gasteiger partial charge in [-0.15, -0.1) is 0 Å². The molecule has 0 bridgehead atoms. The van der Waals surface area contributed by atoms with E-state index in [1.807, 2.05) is 18.4 Å². The first-order valence-corrected chi connectivity index (χ1v) is 9.18. The highest BCUT2D eigenvalue weighted by atomic mass is 35.5. The SMILES string of the molecule is CCCC(CC(=O)N(C)c1cn(-c2cccnc2)nc1Cl)SC. The summed E-state index contributed by atoms with van der Waals surface area (Å²) in [5.41, 5.74) is 1.41. The second-order valence-electron chi connectivity index (χ2n) is 5.26. The molecule has 1 unspecified atom stereocenters. The van der Waals surface area contributed by atoms with E-state index in [2.05, 4.69) is 17.0 Å². The van der Waals surface area contributed by atoms with E-state index < -0.39 is 0 Å². The van der Waals surface area contributed by atoms with Crippen LogP contribution in [0.1, 0.15) is 26.2 Å². The lowest BCUT2D eigenvalue weighted by Gasteiger charge is -2.19. The fourth-order valence-electron chi connectivity index (χ4n) is 2.28. The van der Waals surface area contributed by atoms with Gasteiger partial charge < -0.3 is 4.90 Å². The molecule has 2 heterocycles. The van der Waals surface area contributed by atoms with E-state index in [0.29, 0.717) is 22.5 Å². The number of hydrogen-bond donors (Lipinski definition) is 0. The van der Waals surface area contributed by atoms with Gasteiger partial charge in [-0.3, -0.25) is 9.78 Å². The topological polar surface area (TPSA) is 51.0 Å². The standard InChI is InChI=1S/C16H21ClN4OS/c1-4-6-13(23-3)9-15(22)20(2)14-11-21(19-16(14)17)12-7-5-8-18-10-12/h5,7-8,10-11,13H,4,6,9H2,1-3H3. The first-order valence-electron chi connectivity index (χ1n) is 7.51. The van der Waals surface area contributed by atoms with Gasteiger partial charge in [0.05, 0.1) is 18.1 Å². The number of halogens is 1. The van der Waals surface area contributed by atoms with Crippen molar-refractivity contribution in [3.63, 3.8) is 0 Å². The summed E-state index contributed by atoms with van der Waals surface area (Å²) in [6, 6.07) is 3.71. The zero-order chi connectivity index (χ0) is 16.8. The van der Waals surface area contributed by atoms with Crippen molar-refractivity contribution >= 4 is 35.0 Å². The predicted molar refractivity (Wildman–Crippen MR) is 96.6 cm³/mol. The fraction of sp³-hybridized carbons (Fsp3) is 0.438. The molecule has 5 nitrogen and oxygen atoms in total. The number of anilines is 1. The van der Waals surface area contributed by atoms with Gasteiger partial charge >= 0.3 is 0 Å². The number of nitrogens with zero attached hydrogens (tertiary/aromatic N) is 4. The minimum absolute atomic E-state index is 0.0467. The summed E-state index contributed by atoms with van der Waals surface area (Å²) >= 11 is 7.95. The van der Waals surface area contributed by atoms with Crippen molar-refractivity contribution in [2.24, 2.45) is 0 Å². The molecule has 0 aromatic carbocycles. The Balaban J connectivity index is 2.15. The van der Waals surface area contributed by atoms with Gasteiger partial charge in [0, 0.05) is 24.9 Å². The number of hydrogen-bond acceptors (Lipinski definition) is 4. The molecule has 0 saturated carbocycles. The molecule has 0 fully saturated rings.